The van der Waals surface area contributed by atoms with Gasteiger partial charge in [0.15, 0.2) is 0 Å². The largest absolute Gasteiger partial charge is 0.497 e. The van der Waals surface area contributed by atoms with Crippen LogP contribution in [0.1, 0.15) is 15.9 Å². The van der Waals surface area contributed by atoms with Crippen molar-refractivity contribution in [2.45, 2.75) is 6.42 Å². The average Bonchev–Trinajstić information content (AvgIpc) is 3.31. The number of methoxy groups -OCH3 is 1. The number of H-pyrrole nitrogens is 2. The number of fused-ring (bicyclic) bond motifs is 2. The maximum Gasteiger partial charge on any atom is 0.292 e. The molecule has 0 bridgehead atoms. The lowest BCUT2D eigenvalue weighted by molar-refractivity contribution is -0.116. The van der Waals surface area contributed by atoms with Crippen molar-refractivity contribution in [1.29, 1.82) is 0 Å². The van der Waals surface area contributed by atoms with E-state index in [0.717, 1.165) is 22.0 Å². The van der Waals surface area contributed by atoms with E-state index in [0.29, 0.717) is 29.7 Å². The van der Waals surface area contributed by atoms with Gasteiger partial charge in [0.1, 0.15) is 5.75 Å². The molecule has 136 valence electrons. The molecular weight excluding hydrogens is 342 g/mol. The topological polar surface area (TPSA) is 87.0 Å². The minimum absolute atomic E-state index is 0.341. The van der Waals surface area contributed by atoms with Crippen molar-refractivity contribution in [2.75, 3.05) is 13.7 Å². The maximum absolute atomic E-state index is 12.5. The van der Waals surface area contributed by atoms with Crippen LogP contribution in [0.5, 0.6) is 5.75 Å². The monoisotopic (exact) mass is 361 g/mol. The first-order valence-corrected chi connectivity index (χ1v) is 8.70. The van der Waals surface area contributed by atoms with Crippen LogP contribution >= 0.6 is 0 Å². The Morgan fingerprint density at radius 2 is 1.78 bits per heavy atom. The van der Waals surface area contributed by atoms with E-state index < -0.39 is 11.7 Å². The van der Waals surface area contributed by atoms with E-state index in [1.807, 2.05) is 36.5 Å². The highest BCUT2D eigenvalue weighted by Gasteiger charge is 2.20. The summed E-state index contributed by atoms with van der Waals surface area (Å²) < 4.78 is 5.20. The quantitative estimate of drug-likeness (QED) is 0.364. The van der Waals surface area contributed by atoms with E-state index in [1.165, 1.54) is 0 Å². The average molecular weight is 361 g/mol. The van der Waals surface area contributed by atoms with Gasteiger partial charge in [-0.1, -0.05) is 18.2 Å². The van der Waals surface area contributed by atoms with Crippen molar-refractivity contribution >= 4 is 33.5 Å². The number of ether oxygens (including phenoxy) is 1. The van der Waals surface area contributed by atoms with Crippen molar-refractivity contribution < 1.29 is 14.3 Å². The van der Waals surface area contributed by atoms with Gasteiger partial charge in [-0.3, -0.25) is 9.59 Å². The van der Waals surface area contributed by atoms with Gasteiger partial charge in [0.25, 0.3) is 11.7 Å². The number of carbonyl (C=O) groups excluding carboxylic acids is 2. The third-order valence-electron chi connectivity index (χ3n) is 4.69. The SMILES string of the molecule is COc1ccc2[nH]cc(C(=O)C(=O)NCCc3c[nH]c4ccccc34)c2c1. The molecule has 1 amide bonds. The fourth-order valence-corrected chi connectivity index (χ4v) is 3.27. The number of Topliss-reactive ketones (excluding diaryl/α,β-unsaturated/α-hetero) is 1. The second-order valence-corrected chi connectivity index (χ2v) is 6.31. The fourth-order valence-electron chi connectivity index (χ4n) is 3.27. The van der Waals surface area contributed by atoms with E-state index >= 15 is 0 Å². The molecule has 27 heavy (non-hydrogen) atoms. The molecule has 4 rings (SSSR count). The zero-order chi connectivity index (χ0) is 18.8. The van der Waals surface area contributed by atoms with Gasteiger partial charge < -0.3 is 20.0 Å². The number of hydrogen-bond acceptors (Lipinski definition) is 3. The van der Waals surface area contributed by atoms with Gasteiger partial charge in [0.05, 0.1) is 12.7 Å². The van der Waals surface area contributed by atoms with Gasteiger partial charge in [0.2, 0.25) is 0 Å². The lowest BCUT2D eigenvalue weighted by Gasteiger charge is -2.04. The standard InChI is InChI=1S/C21H19N3O3/c1-27-14-6-7-19-16(10-14)17(12-24-19)20(25)21(26)22-9-8-13-11-23-18-5-3-2-4-15(13)18/h2-7,10-12,23-24H,8-9H2,1H3,(H,22,26). The summed E-state index contributed by atoms with van der Waals surface area (Å²) in [7, 11) is 1.56. The normalized spacial score (nSPS) is 11.0. The van der Waals surface area contributed by atoms with Gasteiger partial charge in [-0.15, -0.1) is 0 Å². The van der Waals surface area contributed by atoms with E-state index in [-0.39, 0.29) is 0 Å². The molecular formula is C21H19N3O3. The molecule has 0 unspecified atom stereocenters. The minimum atomic E-state index is -0.612. The van der Waals surface area contributed by atoms with Gasteiger partial charge in [-0.05, 0) is 36.2 Å². The van der Waals surface area contributed by atoms with E-state index in [9.17, 15) is 9.59 Å². The summed E-state index contributed by atoms with van der Waals surface area (Å²) in [4.78, 5) is 31.1. The van der Waals surface area contributed by atoms with Crippen LogP contribution < -0.4 is 10.1 Å². The summed E-state index contributed by atoms with van der Waals surface area (Å²) in [6.45, 7) is 0.387. The number of ketones is 1. The molecule has 0 saturated heterocycles. The Morgan fingerprint density at radius 1 is 1.00 bits per heavy atom. The van der Waals surface area contributed by atoms with Gasteiger partial charge in [-0.25, -0.2) is 0 Å². The van der Waals surface area contributed by atoms with Crippen LogP contribution in [0.4, 0.5) is 0 Å². The number of aromatic nitrogens is 2. The molecule has 0 aliphatic heterocycles. The molecule has 0 spiro atoms. The summed E-state index contributed by atoms with van der Waals surface area (Å²) in [6.07, 6.45) is 4.14. The number of rotatable bonds is 6. The fraction of sp³-hybridized carbons (Fsp3) is 0.143. The predicted molar refractivity (Wildman–Crippen MR) is 104 cm³/mol. The first-order valence-electron chi connectivity index (χ1n) is 8.70. The first kappa shape index (κ1) is 16.9. The maximum atomic E-state index is 12.5. The number of aromatic amines is 2. The number of para-hydroxylation sites is 1. The highest BCUT2D eigenvalue weighted by Crippen LogP contribution is 2.24. The Morgan fingerprint density at radius 3 is 2.63 bits per heavy atom. The van der Waals surface area contributed by atoms with Crippen LogP contribution in [0.15, 0.2) is 54.9 Å². The second-order valence-electron chi connectivity index (χ2n) is 6.31. The zero-order valence-electron chi connectivity index (χ0n) is 14.8. The molecule has 3 N–H and O–H groups in total. The summed E-state index contributed by atoms with van der Waals surface area (Å²) in [5.74, 6) is -0.539. The first-order chi connectivity index (χ1) is 13.2. The van der Waals surface area contributed by atoms with Gasteiger partial charge in [0, 0.05) is 40.7 Å². The van der Waals surface area contributed by atoms with Crippen molar-refractivity contribution in [3.63, 3.8) is 0 Å². The molecule has 6 nitrogen and oxygen atoms in total. The van der Waals surface area contributed by atoms with Gasteiger partial charge in [-0.2, -0.15) is 0 Å². The summed E-state index contributed by atoms with van der Waals surface area (Å²) in [5.41, 5.74) is 3.29. The van der Waals surface area contributed by atoms with E-state index in [4.69, 9.17) is 4.74 Å². The molecule has 4 aromatic rings. The molecule has 0 aliphatic rings. The summed E-state index contributed by atoms with van der Waals surface area (Å²) in [6, 6.07) is 13.4. The van der Waals surface area contributed by atoms with E-state index in [1.54, 1.807) is 25.4 Å². The lowest BCUT2D eigenvalue weighted by atomic mass is 10.1. The molecule has 0 saturated carbocycles. The Kier molecular flexibility index (Phi) is 4.38. The van der Waals surface area contributed by atoms with Crippen LogP contribution in [0.25, 0.3) is 21.8 Å². The molecule has 6 heteroatoms. The Bertz CT molecular complexity index is 1140. The summed E-state index contributed by atoms with van der Waals surface area (Å²) in [5, 5.41) is 4.52. The molecule has 2 aromatic heterocycles. The van der Waals surface area contributed by atoms with Gasteiger partial charge >= 0.3 is 0 Å². The second kappa shape index (κ2) is 6.99. The molecule has 2 heterocycles. The summed E-state index contributed by atoms with van der Waals surface area (Å²) >= 11 is 0. The molecule has 2 aromatic carbocycles. The van der Waals surface area contributed by atoms with Crippen molar-refractivity contribution in [2.24, 2.45) is 0 Å². The van der Waals surface area contributed by atoms with Crippen LogP contribution in [0.3, 0.4) is 0 Å². The van der Waals surface area contributed by atoms with Crippen LogP contribution in [0.2, 0.25) is 0 Å². The molecule has 0 atom stereocenters. The number of hydrogen-bond donors (Lipinski definition) is 3. The van der Waals surface area contributed by atoms with Crippen LogP contribution in [0, 0.1) is 0 Å². The van der Waals surface area contributed by atoms with Crippen LogP contribution in [-0.2, 0) is 11.2 Å². The Balaban J connectivity index is 1.44. The zero-order valence-corrected chi connectivity index (χ0v) is 14.8. The predicted octanol–water partition coefficient (Wildman–Crippen LogP) is 3.20. The smallest absolute Gasteiger partial charge is 0.292 e. The van der Waals surface area contributed by atoms with Crippen molar-refractivity contribution in [3.8, 4) is 5.75 Å². The molecule has 0 fully saturated rings. The van der Waals surface area contributed by atoms with Crippen molar-refractivity contribution in [1.82, 2.24) is 15.3 Å². The number of nitrogens with one attached hydrogen (secondary N) is 3. The molecule has 0 aliphatic carbocycles. The third kappa shape index (κ3) is 3.17. The van der Waals surface area contributed by atoms with Crippen LogP contribution in [-0.4, -0.2) is 35.3 Å². The highest BCUT2D eigenvalue weighted by atomic mass is 16.5. The molecule has 0 radical (unpaired) electrons. The number of carbonyl (C=O) groups is 2. The van der Waals surface area contributed by atoms with E-state index in [2.05, 4.69) is 15.3 Å². The minimum Gasteiger partial charge on any atom is -0.497 e. The number of amides is 1. The Labute approximate surface area is 155 Å². The lowest BCUT2D eigenvalue weighted by Crippen LogP contribution is -2.32. The van der Waals surface area contributed by atoms with Crippen molar-refractivity contribution in [3.05, 3.63) is 66.0 Å². The third-order valence-corrected chi connectivity index (χ3v) is 4.69. The number of benzene rings is 2. The Hall–Kier alpha value is -3.54. The highest BCUT2D eigenvalue weighted by molar-refractivity contribution is 6.45.